The highest BCUT2D eigenvalue weighted by molar-refractivity contribution is 5.64. The molecule has 1 fully saturated rings. The summed E-state index contributed by atoms with van der Waals surface area (Å²) in [4.78, 5) is 2.37. The molecule has 0 N–H and O–H groups in total. The van der Waals surface area contributed by atoms with Gasteiger partial charge in [-0.15, -0.1) is 13.2 Å². The van der Waals surface area contributed by atoms with E-state index in [0.29, 0.717) is 0 Å². The van der Waals surface area contributed by atoms with Crippen molar-refractivity contribution in [1.82, 2.24) is 0 Å². The van der Waals surface area contributed by atoms with Crippen molar-refractivity contribution in [2.45, 2.75) is 37.3 Å². The van der Waals surface area contributed by atoms with Crippen molar-refractivity contribution in [2.24, 2.45) is 0 Å². The van der Waals surface area contributed by atoms with Crippen LogP contribution in [-0.4, -0.2) is 19.4 Å². The molecule has 2 heteroatoms. The Bertz CT molecular complexity index is 510. The predicted molar refractivity (Wildman–Crippen MR) is 84.1 cm³/mol. The smallest absolute Gasteiger partial charge is 0.140 e. The Morgan fingerprint density at radius 1 is 1.25 bits per heavy atom. The van der Waals surface area contributed by atoms with Gasteiger partial charge in [0.1, 0.15) is 6.23 Å². The summed E-state index contributed by atoms with van der Waals surface area (Å²) in [5.41, 5.74) is 2.80. The molecule has 0 saturated carbocycles. The fraction of sp³-hybridized carbons (Fsp3) is 0.444. The molecule has 2 nitrogen and oxygen atoms in total. The van der Waals surface area contributed by atoms with E-state index in [9.17, 15) is 0 Å². The molecule has 0 radical (unpaired) electrons. The number of anilines is 1. The average molecular weight is 269 g/mol. The van der Waals surface area contributed by atoms with Crippen LogP contribution in [0.25, 0.3) is 0 Å². The maximum Gasteiger partial charge on any atom is 0.140 e. The van der Waals surface area contributed by atoms with Gasteiger partial charge >= 0.3 is 0 Å². The van der Waals surface area contributed by atoms with E-state index in [0.717, 1.165) is 26.0 Å². The minimum atomic E-state index is 0.0673. The number of hydrogen-bond donors (Lipinski definition) is 0. The minimum absolute atomic E-state index is 0.0673. The Kier molecular flexibility index (Phi) is 3.66. The van der Waals surface area contributed by atoms with Crippen LogP contribution in [0.15, 0.2) is 49.6 Å². The van der Waals surface area contributed by atoms with Crippen LogP contribution < -0.4 is 4.90 Å². The van der Waals surface area contributed by atoms with Crippen molar-refractivity contribution in [3.05, 3.63) is 55.1 Å². The Morgan fingerprint density at radius 3 is 2.90 bits per heavy atom. The zero-order chi connectivity index (χ0) is 14.0. The van der Waals surface area contributed by atoms with Crippen molar-refractivity contribution in [3.8, 4) is 0 Å². The first-order valence-electron chi connectivity index (χ1n) is 7.53. The first kappa shape index (κ1) is 13.4. The lowest BCUT2D eigenvalue weighted by Gasteiger charge is -2.36. The van der Waals surface area contributed by atoms with E-state index in [4.69, 9.17) is 4.74 Å². The van der Waals surface area contributed by atoms with Gasteiger partial charge in [-0.3, -0.25) is 0 Å². The van der Waals surface area contributed by atoms with E-state index in [1.165, 1.54) is 24.1 Å². The van der Waals surface area contributed by atoms with Crippen molar-refractivity contribution in [2.75, 3.05) is 18.1 Å². The third-order valence-electron chi connectivity index (χ3n) is 4.63. The van der Waals surface area contributed by atoms with Crippen LogP contribution >= 0.6 is 0 Å². The third-order valence-corrected chi connectivity index (χ3v) is 4.63. The Balaban J connectivity index is 2.13. The van der Waals surface area contributed by atoms with Crippen LogP contribution in [-0.2, 0) is 10.2 Å². The zero-order valence-corrected chi connectivity index (χ0v) is 12.1. The van der Waals surface area contributed by atoms with Gasteiger partial charge in [-0.1, -0.05) is 36.8 Å². The summed E-state index contributed by atoms with van der Waals surface area (Å²) in [7, 11) is 0. The number of rotatable bonds is 4. The van der Waals surface area contributed by atoms with Crippen LogP contribution in [0.1, 0.15) is 31.2 Å². The van der Waals surface area contributed by atoms with Gasteiger partial charge in [-0.25, -0.2) is 0 Å². The van der Waals surface area contributed by atoms with Crippen molar-refractivity contribution >= 4 is 5.69 Å². The number of para-hydroxylation sites is 1. The summed E-state index contributed by atoms with van der Waals surface area (Å²) in [6.45, 7) is 9.59. The number of hydrogen-bond acceptors (Lipinski definition) is 2. The van der Waals surface area contributed by atoms with Crippen LogP contribution in [0.5, 0.6) is 0 Å². The number of nitrogens with zero attached hydrogens (tertiary/aromatic N) is 1. The highest BCUT2D eigenvalue weighted by Gasteiger charge is 2.50. The van der Waals surface area contributed by atoms with Gasteiger partial charge in [-0.05, 0) is 30.9 Å². The number of fused-ring (bicyclic) bond motifs is 3. The summed E-state index contributed by atoms with van der Waals surface area (Å²) in [6, 6.07) is 8.73. The summed E-state index contributed by atoms with van der Waals surface area (Å²) in [5, 5.41) is 0. The molecule has 1 aromatic carbocycles. The molecular formula is C18H23NO. The molecule has 0 unspecified atom stereocenters. The fourth-order valence-corrected chi connectivity index (χ4v) is 3.85. The molecule has 2 atom stereocenters. The molecule has 2 heterocycles. The molecule has 0 spiro atoms. The monoisotopic (exact) mass is 269 g/mol. The van der Waals surface area contributed by atoms with Crippen molar-refractivity contribution in [3.63, 3.8) is 0 Å². The molecule has 3 rings (SSSR count). The summed E-state index contributed by atoms with van der Waals surface area (Å²) in [5.74, 6) is 0. The minimum Gasteiger partial charge on any atom is -0.357 e. The lowest BCUT2D eigenvalue weighted by Crippen LogP contribution is -2.46. The first-order valence-corrected chi connectivity index (χ1v) is 7.53. The second-order valence-corrected chi connectivity index (χ2v) is 5.79. The molecule has 20 heavy (non-hydrogen) atoms. The quantitative estimate of drug-likeness (QED) is 0.765. The molecule has 0 aromatic heterocycles. The fourth-order valence-electron chi connectivity index (χ4n) is 3.85. The molecule has 0 aliphatic carbocycles. The molecular weight excluding hydrogens is 246 g/mol. The largest absolute Gasteiger partial charge is 0.357 e. The second kappa shape index (κ2) is 5.45. The van der Waals surface area contributed by atoms with Gasteiger partial charge in [-0.2, -0.15) is 0 Å². The van der Waals surface area contributed by atoms with E-state index in [1.54, 1.807) is 0 Å². The summed E-state index contributed by atoms with van der Waals surface area (Å²) >= 11 is 0. The SMILES string of the molecule is C=CCN1c2ccccc2[C@]2(CC=C)CCCCO[C@H]12. The molecule has 2 aliphatic rings. The van der Waals surface area contributed by atoms with E-state index < -0.39 is 0 Å². The molecule has 2 aliphatic heterocycles. The second-order valence-electron chi connectivity index (χ2n) is 5.79. The lowest BCUT2D eigenvalue weighted by atomic mass is 9.74. The molecule has 0 bridgehead atoms. The van der Waals surface area contributed by atoms with Crippen molar-refractivity contribution in [1.29, 1.82) is 0 Å². The maximum atomic E-state index is 6.26. The maximum absolute atomic E-state index is 6.26. The van der Waals surface area contributed by atoms with Gasteiger partial charge < -0.3 is 9.64 Å². The Morgan fingerprint density at radius 2 is 2.10 bits per heavy atom. The molecule has 106 valence electrons. The highest BCUT2D eigenvalue weighted by Crippen LogP contribution is 2.51. The van der Waals surface area contributed by atoms with Gasteiger partial charge in [0, 0.05) is 24.3 Å². The standard InChI is InChI=1S/C18H23NO/c1-3-11-18-12-7-8-14-20-17(18)19(13-4-2)16-10-6-5-9-15(16)18/h3-6,9-10,17H,1-2,7-8,11-14H2/t17-,18-/m0/s1. The van der Waals surface area contributed by atoms with Crippen LogP contribution in [0, 0.1) is 0 Å². The average Bonchev–Trinajstić information content (AvgIpc) is 2.62. The Labute approximate surface area is 121 Å². The topological polar surface area (TPSA) is 12.5 Å². The van der Waals surface area contributed by atoms with Gasteiger partial charge in [0.25, 0.3) is 0 Å². The normalized spacial score (nSPS) is 28.4. The number of allylic oxidation sites excluding steroid dienone is 1. The zero-order valence-electron chi connectivity index (χ0n) is 12.1. The van der Waals surface area contributed by atoms with E-state index in [-0.39, 0.29) is 11.6 Å². The molecule has 0 amide bonds. The van der Waals surface area contributed by atoms with Gasteiger partial charge in [0.15, 0.2) is 0 Å². The van der Waals surface area contributed by atoms with Crippen molar-refractivity contribution < 1.29 is 4.74 Å². The van der Waals surface area contributed by atoms with E-state index in [2.05, 4.69) is 48.4 Å². The Hall–Kier alpha value is -1.54. The lowest BCUT2D eigenvalue weighted by molar-refractivity contribution is 0.0173. The van der Waals surface area contributed by atoms with E-state index in [1.807, 2.05) is 6.08 Å². The predicted octanol–water partition coefficient (Wildman–Crippen LogP) is 4.03. The third kappa shape index (κ3) is 1.90. The molecule has 1 saturated heterocycles. The number of ether oxygens (including phenoxy) is 1. The van der Waals surface area contributed by atoms with Crippen LogP contribution in [0.3, 0.4) is 0 Å². The summed E-state index contributed by atoms with van der Waals surface area (Å²) < 4.78 is 6.26. The molecule has 1 aromatic rings. The van der Waals surface area contributed by atoms with Crippen LogP contribution in [0.2, 0.25) is 0 Å². The summed E-state index contributed by atoms with van der Waals surface area (Å²) in [6.07, 6.45) is 8.67. The number of benzene rings is 1. The van der Waals surface area contributed by atoms with E-state index >= 15 is 0 Å². The van der Waals surface area contributed by atoms with Crippen LogP contribution in [0.4, 0.5) is 5.69 Å². The van der Waals surface area contributed by atoms with Gasteiger partial charge in [0.05, 0.1) is 0 Å². The first-order chi connectivity index (χ1) is 9.83. The van der Waals surface area contributed by atoms with Gasteiger partial charge in [0.2, 0.25) is 0 Å². The highest BCUT2D eigenvalue weighted by atomic mass is 16.5.